The van der Waals surface area contributed by atoms with Crippen LogP contribution in [0.4, 0.5) is 5.69 Å². The fraction of sp³-hybridized carbons (Fsp3) is 0.765. The van der Waals surface area contributed by atoms with E-state index in [0.29, 0.717) is 11.3 Å². The summed E-state index contributed by atoms with van der Waals surface area (Å²) in [7, 11) is 0. The summed E-state index contributed by atoms with van der Waals surface area (Å²) in [6.45, 7) is 6.33. The predicted molar refractivity (Wildman–Crippen MR) is 84.4 cm³/mol. The number of anilines is 1. The molecule has 0 amide bonds. The molecule has 0 bridgehead atoms. The standard InChI is InChI=1S/C17H27N3O/c1-13(2)16-18-11-15(14(12-21)19-16)20-9-7-17(8-10-20)5-3-4-6-17/h11,13,21H,3-10,12H2,1-2H3. The maximum atomic E-state index is 9.64. The van der Waals surface area contributed by atoms with Gasteiger partial charge in [0.05, 0.1) is 24.2 Å². The Morgan fingerprint density at radius 3 is 2.43 bits per heavy atom. The summed E-state index contributed by atoms with van der Waals surface area (Å²) >= 11 is 0. The van der Waals surface area contributed by atoms with Gasteiger partial charge in [0.1, 0.15) is 5.82 Å². The average Bonchev–Trinajstić information content (AvgIpc) is 2.95. The Kier molecular flexibility index (Phi) is 4.16. The van der Waals surface area contributed by atoms with Gasteiger partial charge in [0.25, 0.3) is 0 Å². The average molecular weight is 289 g/mol. The van der Waals surface area contributed by atoms with Crippen molar-refractivity contribution in [2.75, 3.05) is 18.0 Å². The molecule has 1 saturated heterocycles. The Labute approximate surface area is 127 Å². The number of hydrogen-bond acceptors (Lipinski definition) is 4. The molecule has 2 fully saturated rings. The van der Waals surface area contributed by atoms with Crippen LogP contribution in [0.1, 0.15) is 69.8 Å². The molecule has 0 unspecified atom stereocenters. The summed E-state index contributed by atoms with van der Waals surface area (Å²) in [5.41, 5.74) is 2.44. The molecule has 1 aliphatic carbocycles. The van der Waals surface area contributed by atoms with Gasteiger partial charge in [-0.05, 0) is 31.1 Å². The van der Waals surface area contributed by atoms with Crippen molar-refractivity contribution in [3.63, 3.8) is 0 Å². The summed E-state index contributed by atoms with van der Waals surface area (Å²) in [5.74, 6) is 1.12. The van der Waals surface area contributed by atoms with E-state index in [1.165, 1.54) is 38.5 Å². The van der Waals surface area contributed by atoms with Crippen LogP contribution >= 0.6 is 0 Å². The summed E-state index contributed by atoms with van der Waals surface area (Å²) in [6, 6.07) is 0. The molecule has 4 nitrogen and oxygen atoms in total. The van der Waals surface area contributed by atoms with Crippen molar-refractivity contribution in [3.8, 4) is 0 Å². The molecule has 1 aliphatic heterocycles. The molecular formula is C17H27N3O. The molecule has 0 radical (unpaired) electrons. The first-order valence-electron chi connectivity index (χ1n) is 8.35. The van der Waals surface area contributed by atoms with Crippen LogP contribution in [0.2, 0.25) is 0 Å². The van der Waals surface area contributed by atoms with Crippen LogP contribution < -0.4 is 4.90 Å². The van der Waals surface area contributed by atoms with E-state index in [9.17, 15) is 5.11 Å². The summed E-state index contributed by atoms with van der Waals surface area (Å²) < 4.78 is 0. The molecule has 3 rings (SSSR count). The normalized spacial score (nSPS) is 21.4. The van der Waals surface area contributed by atoms with Gasteiger partial charge < -0.3 is 10.0 Å². The Morgan fingerprint density at radius 2 is 1.86 bits per heavy atom. The van der Waals surface area contributed by atoms with Crippen LogP contribution in [0.3, 0.4) is 0 Å². The van der Waals surface area contributed by atoms with Gasteiger partial charge in [-0.15, -0.1) is 0 Å². The van der Waals surface area contributed by atoms with Crippen molar-refractivity contribution in [3.05, 3.63) is 17.7 Å². The van der Waals surface area contributed by atoms with Crippen molar-refractivity contribution < 1.29 is 5.11 Å². The highest BCUT2D eigenvalue weighted by atomic mass is 16.3. The van der Waals surface area contributed by atoms with E-state index in [-0.39, 0.29) is 6.61 Å². The molecule has 0 aromatic carbocycles. The summed E-state index contributed by atoms with van der Waals surface area (Å²) in [4.78, 5) is 11.4. The third-order valence-electron chi connectivity index (χ3n) is 5.36. The van der Waals surface area contributed by atoms with Crippen LogP contribution in [0.25, 0.3) is 0 Å². The molecule has 2 heterocycles. The lowest BCUT2D eigenvalue weighted by molar-refractivity contribution is 0.225. The SMILES string of the molecule is CC(C)c1ncc(N2CCC3(CCCC3)CC2)c(CO)n1. The fourth-order valence-electron chi connectivity index (χ4n) is 3.93. The molecule has 116 valence electrons. The largest absolute Gasteiger partial charge is 0.390 e. The zero-order valence-electron chi connectivity index (χ0n) is 13.3. The number of aliphatic hydroxyl groups is 1. The third kappa shape index (κ3) is 2.91. The summed E-state index contributed by atoms with van der Waals surface area (Å²) in [5, 5.41) is 9.64. The summed E-state index contributed by atoms with van der Waals surface area (Å²) in [6.07, 6.45) is 10.1. The lowest BCUT2D eigenvalue weighted by Crippen LogP contribution is -2.39. The second-order valence-corrected chi connectivity index (χ2v) is 7.07. The van der Waals surface area contributed by atoms with Gasteiger partial charge in [-0.1, -0.05) is 26.7 Å². The molecule has 21 heavy (non-hydrogen) atoms. The zero-order chi connectivity index (χ0) is 14.9. The van der Waals surface area contributed by atoms with Crippen LogP contribution in [0.15, 0.2) is 6.20 Å². The third-order valence-corrected chi connectivity index (χ3v) is 5.36. The number of nitrogens with zero attached hydrogens (tertiary/aromatic N) is 3. The van der Waals surface area contributed by atoms with Crippen molar-refractivity contribution in [1.29, 1.82) is 0 Å². The molecule has 1 spiro atoms. The maximum absolute atomic E-state index is 9.64. The van der Waals surface area contributed by atoms with Gasteiger partial charge in [-0.2, -0.15) is 0 Å². The second kappa shape index (κ2) is 5.91. The lowest BCUT2D eigenvalue weighted by Gasteiger charge is -2.40. The molecular weight excluding hydrogens is 262 g/mol. The zero-order valence-corrected chi connectivity index (χ0v) is 13.3. The van der Waals surface area contributed by atoms with Crippen LogP contribution in [-0.2, 0) is 6.61 Å². The molecule has 1 N–H and O–H groups in total. The number of rotatable bonds is 3. The first kappa shape index (κ1) is 14.8. The molecule has 2 aliphatic rings. The van der Waals surface area contributed by atoms with E-state index >= 15 is 0 Å². The fourth-order valence-corrected chi connectivity index (χ4v) is 3.93. The minimum Gasteiger partial charge on any atom is -0.390 e. The highest BCUT2D eigenvalue weighted by Gasteiger charge is 2.37. The van der Waals surface area contributed by atoms with Crippen LogP contribution in [-0.4, -0.2) is 28.2 Å². The second-order valence-electron chi connectivity index (χ2n) is 7.07. The van der Waals surface area contributed by atoms with Gasteiger partial charge in [-0.3, -0.25) is 0 Å². The van der Waals surface area contributed by atoms with Crippen molar-refractivity contribution in [2.45, 2.75) is 64.9 Å². The molecule has 0 atom stereocenters. The predicted octanol–water partition coefficient (Wildman–Crippen LogP) is 3.25. The van der Waals surface area contributed by atoms with E-state index < -0.39 is 0 Å². The van der Waals surface area contributed by atoms with E-state index in [4.69, 9.17) is 0 Å². The van der Waals surface area contributed by atoms with E-state index in [2.05, 4.69) is 28.7 Å². The monoisotopic (exact) mass is 289 g/mol. The molecule has 1 aromatic heterocycles. The van der Waals surface area contributed by atoms with Crippen molar-refractivity contribution in [2.24, 2.45) is 5.41 Å². The van der Waals surface area contributed by atoms with Gasteiger partial charge in [-0.25, -0.2) is 9.97 Å². The van der Waals surface area contributed by atoms with Gasteiger partial charge in [0, 0.05) is 19.0 Å². The number of hydrogen-bond donors (Lipinski definition) is 1. The highest BCUT2D eigenvalue weighted by Crippen LogP contribution is 2.46. The smallest absolute Gasteiger partial charge is 0.131 e. The number of piperidine rings is 1. The first-order chi connectivity index (χ1) is 10.1. The molecule has 1 saturated carbocycles. The Bertz CT molecular complexity index is 485. The van der Waals surface area contributed by atoms with Crippen LogP contribution in [0, 0.1) is 5.41 Å². The highest BCUT2D eigenvalue weighted by molar-refractivity contribution is 5.49. The Morgan fingerprint density at radius 1 is 1.19 bits per heavy atom. The quantitative estimate of drug-likeness (QED) is 0.928. The minimum absolute atomic E-state index is 0.000778. The van der Waals surface area contributed by atoms with Gasteiger partial charge >= 0.3 is 0 Å². The van der Waals surface area contributed by atoms with Crippen LogP contribution in [0.5, 0.6) is 0 Å². The van der Waals surface area contributed by atoms with Gasteiger partial charge in [0.2, 0.25) is 0 Å². The van der Waals surface area contributed by atoms with E-state index in [1.807, 2.05) is 6.20 Å². The lowest BCUT2D eigenvalue weighted by atomic mass is 9.77. The van der Waals surface area contributed by atoms with Crippen molar-refractivity contribution in [1.82, 2.24) is 9.97 Å². The topological polar surface area (TPSA) is 49.2 Å². The molecule has 4 heteroatoms. The van der Waals surface area contributed by atoms with E-state index in [0.717, 1.165) is 30.3 Å². The number of aromatic nitrogens is 2. The van der Waals surface area contributed by atoms with E-state index in [1.54, 1.807) is 0 Å². The van der Waals surface area contributed by atoms with Gasteiger partial charge in [0.15, 0.2) is 0 Å². The van der Waals surface area contributed by atoms with Crippen molar-refractivity contribution >= 4 is 5.69 Å². The minimum atomic E-state index is -0.000778. The maximum Gasteiger partial charge on any atom is 0.131 e. The molecule has 1 aromatic rings. The Hall–Kier alpha value is -1.16. The first-order valence-corrected chi connectivity index (χ1v) is 8.35. The Balaban J connectivity index is 1.75. The number of aliphatic hydroxyl groups excluding tert-OH is 1.